The summed E-state index contributed by atoms with van der Waals surface area (Å²) in [5.74, 6) is -0.430. The maximum atomic E-state index is 13.3. The number of nitrogens with one attached hydrogen (secondary N) is 1. The van der Waals surface area contributed by atoms with Crippen LogP contribution in [0.3, 0.4) is 0 Å². The molecule has 0 aliphatic heterocycles. The van der Waals surface area contributed by atoms with Gasteiger partial charge in [0.1, 0.15) is 23.1 Å². The monoisotopic (exact) mass is 337 g/mol. The first-order chi connectivity index (χ1) is 12.0. The largest absolute Gasteiger partial charge is 0.383 e. The van der Waals surface area contributed by atoms with Gasteiger partial charge >= 0.3 is 0 Å². The van der Waals surface area contributed by atoms with Crippen molar-refractivity contribution in [2.24, 2.45) is 0 Å². The molecule has 0 aliphatic rings. The van der Waals surface area contributed by atoms with Crippen LogP contribution in [-0.2, 0) is 0 Å². The Hall–Kier alpha value is -3.48. The van der Waals surface area contributed by atoms with Gasteiger partial charge < -0.3 is 16.5 Å². The van der Waals surface area contributed by atoms with E-state index < -0.39 is 0 Å². The fourth-order valence-corrected chi connectivity index (χ4v) is 2.88. The molecule has 5 N–H and O–H groups in total. The Morgan fingerprint density at radius 1 is 0.760 bits per heavy atom. The van der Waals surface area contributed by atoms with E-state index in [0.29, 0.717) is 22.3 Å². The number of aromatic nitrogens is 3. The maximum Gasteiger partial charge on any atom is 0.223 e. The molecular weight excluding hydrogens is 324 g/mol. The smallest absolute Gasteiger partial charge is 0.223 e. The number of H-pyrrole nitrogens is 1. The molecule has 5 nitrogen and oxygen atoms in total. The van der Waals surface area contributed by atoms with Crippen molar-refractivity contribution in [3.05, 3.63) is 60.2 Å². The number of hydrogen-bond acceptors (Lipinski definition) is 4. The van der Waals surface area contributed by atoms with Crippen LogP contribution in [0, 0.1) is 11.6 Å². The highest BCUT2D eigenvalue weighted by molar-refractivity contribution is 6.07. The Balaban J connectivity index is 2.07. The first-order valence-electron chi connectivity index (χ1n) is 7.49. The average Bonchev–Trinajstić information content (AvgIpc) is 2.96. The van der Waals surface area contributed by atoms with Gasteiger partial charge in [0.25, 0.3) is 0 Å². The van der Waals surface area contributed by atoms with Crippen molar-refractivity contribution < 1.29 is 8.78 Å². The third kappa shape index (κ3) is 2.55. The minimum Gasteiger partial charge on any atom is -0.383 e. The predicted octanol–water partition coefficient (Wildman–Crippen LogP) is 3.73. The zero-order chi connectivity index (χ0) is 17.6. The van der Waals surface area contributed by atoms with Gasteiger partial charge in [-0.3, -0.25) is 0 Å². The number of nitrogen functional groups attached to an aromatic ring is 2. The lowest BCUT2D eigenvalue weighted by molar-refractivity contribution is 0.627. The van der Waals surface area contributed by atoms with Crippen molar-refractivity contribution in [3.63, 3.8) is 0 Å². The van der Waals surface area contributed by atoms with E-state index in [1.54, 1.807) is 24.3 Å². The molecule has 0 radical (unpaired) electrons. The van der Waals surface area contributed by atoms with Crippen molar-refractivity contribution in [3.8, 4) is 22.4 Å². The lowest BCUT2D eigenvalue weighted by atomic mass is 9.99. The Morgan fingerprint density at radius 3 is 1.92 bits per heavy atom. The van der Waals surface area contributed by atoms with Crippen LogP contribution in [0.25, 0.3) is 33.4 Å². The Morgan fingerprint density at radius 2 is 1.32 bits per heavy atom. The number of anilines is 2. The summed E-state index contributed by atoms with van der Waals surface area (Å²) in [4.78, 5) is 11.4. The number of nitrogens with two attached hydrogens (primary N) is 2. The third-order valence-electron chi connectivity index (χ3n) is 3.96. The molecule has 0 atom stereocenters. The summed E-state index contributed by atoms with van der Waals surface area (Å²) in [6.45, 7) is 0. The van der Waals surface area contributed by atoms with Crippen LogP contribution < -0.4 is 11.5 Å². The minimum atomic E-state index is -0.347. The number of benzene rings is 2. The fraction of sp³-hybridized carbons (Fsp3) is 0. The molecule has 0 fully saturated rings. The van der Waals surface area contributed by atoms with Crippen LogP contribution in [0.15, 0.2) is 48.5 Å². The molecule has 0 saturated heterocycles. The zero-order valence-electron chi connectivity index (χ0n) is 12.9. The summed E-state index contributed by atoms with van der Waals surface area (Å²) in [5.41, 5.74) is 15.0. The summed E-state index contributed by atoms with van der Waals surface area (Å²) < 4.78 is 26.6. The number of halogens is 2. The van der Waals surface area contributed by atoms with E-state index in [1.165, 1.54) is 24.3 Å². The van der Waals surface area contributed by atoms with Crippen LogP contribution in [0.1, 0.15) is 0 Å². The maximum absolute atomic E-state index is 13.3. The van der Waals surface area contributed by atoms with Crippen LogP contribution >= 0.6 is 0 Å². The van der Waals surface area contributed by atoms with Crippen molar-refractivity contribution in [2.45, 2.75) is 0 Å². The van der Waals surface area contributed by atoms with Crippen molar-refractivity contribution in [1.29, 1.82) is 0 Å². The molecular formula is C18H13F2N5. The van der Waals surface area contributed by atoms with E-state index in [1.807, 2.05) is 0 Å². The molecule has 4 rings (SSSR count). The first kappa shape index (κ1) is 15.1. The fourth-order valence-electron chi connectivity index (χ4n) is 2.88. The van der Waals surface area contributed by atoms with E-state index in [4.69, 9.17) is 11.5 Å². The second-order valence-corrected chi connectivity index (χ2v) is 5.58. The van der Waals surface area contributed by atoms with E-state index in [-0.39, 0.29) is 23.4 Å². The Labute approximate surface area is 141 Å². The number of hydrogen-bond donors (Lipinski definition) is 3. The van der Waals surface area contributed by atoms with Gasteiger partial charge in [-0.15, -0.1) is 0 Å². The van der Waals surface area contributed by atoms with Crippen LogP contribution in [0.5, 0.6) is 0 Å². The van der Waals surface area contributed by atoms with Gasteiger partial charge in [0.15, 0.2) is 0 Å². The molecule has 2 aromatic carbocycles. The molecule has 0 amide bonds. The quantitative estimate of drug-likeness (QED) is 0.519. The molecule has 0 unspecified atom stereocenters. The third-order valence-corrected chi connectivity index (χ3v) is 3.96. The van der Waals surface area contributed by atoms with Crippen LogP contribution in [-0.4, -0.2) is 15.0 Å². The molecule has 7 heteroatoms. The number of fused-ring (bicyclic) bond motifs is 1. The predicted molar refractivity (Wildman–Crippen MR) is 93.5 cm³/mol. The number of aromatic amines is 1. The first-order valence-corrected chi connectivity index (χ1v) is 7.49. The lowest BCUT2D eigenvalue weighted by Gasteiger charge is -2.07. The van der Waals surface area contributed by atoms with Gasteiger partial charge in [-0.25, -0.2) is 8.78 Å². The summed E-state index contributed by atoms with van der Waals surface area (Å²) >= 11 is 0. The molecule has 2 aromatic heterocycles. The van der Waals surface area contributed by atoms with Gasteiger partial charge in [-0.05, 0) is 47.5 Å². The van der Waals surface area contributed by atoms with E-state index >= 15 is 0 Å². The van der Waals surface area contributed by atoms with E-state index in [0.717, 1.165) is 11.1 Å². The highest BCUT2D eigenvalue weighted by Crippen LogP contribution is 2.40. The van der Waals surface area contributed by atoms with Crippen molar-refractivity contribution >= 4 is 22.8 Å². The summed E-state index contributed by atoms with van der Waals surface area (Å²) in [7, 11) is 0. The van der Waals surface area contributed by atoms with E-state index in [9.17, 15) is 8.78 Å². The zero-order valence-corrected chi connectivity index (χ0v) is 12.9. The molecule has 2 heterocycles. The van der Waals surface area contributed by atoms with Gasteiger partial charge in [0, 0.05) is 5.56 Å². The molecule has 0 saturated carbocycles. The molecule has 124 valence electrons. The highest BCUT2D eigenvalue weighted by Gasteiger charge is 2.19. The molecule has 0 aliphatic carbocycles. The standard InChI is InChI=1S/C18H13F2N5/c19-11-5-1-9(2-6-11)13-14-16(21)24-18(22)25-17(14)23-15(13)10-3-7-12(20)8-4-10/h1-8H,(H5,21,22,23,24,25). The minimum absolute atomic E-state index is 0.0440. The Bertz CT molecular complexity index is 1070. The van der Waals surface area contributed by atoms with Crippen LogP contribution in [0.2, 0.25) is 0 Å². The van der Waals surface area contributed by atoms with E-state index in [2.05, 4.69) is 15.0 Å². The van der Waals surface area contributed by atoms with Crippen LogP contribution in [0.4, 0.5) is 20.5 Å². The highest BCUT2D eigenvalue weighted by atomic mass is 19.1. The Kier molecular flexibility index (Phi) is 3.35. The number of nitrogens with zero attached hydrogens (tertiary/aromatic N) is 2. The summed E-state index contributed by atoms with van der Waals surface area (Å²) in [5, 5.41) is 0.583. The lowest BCUT2D eigenvalue weighted by Crippen LogP contribution is -1.99. The SMILES string of the molecule is Nc1nc(N)c2c(-c3ccc(F)cc3)c(-c3ccc(F)cc3)[nH]c2n1. The van der Waals surface area contributed by atoms with Gasteiger partial charge in [-0.2, -0.15) is 9.97 Å². The van der Waals surface area contributed by atoms with Gasteiger partial charge in [0.2, 0.25) is 5.95 Å². The van der Waals surface area contributed by atoms with Crippen molar-refractivity contribution in [2.75, 3.05) is 11.5 Å². The second-order valence-electron chi connectivity index (χ2n) is 5.58. The summed E-state index contributed by atoms with van der Waals surface area (Å²) in [6.07, 6.45) is 0. The normalized spacial score (nSPS) is 11.1. The molecule has 4 aromatic rings. The second kappa shape index (κ2) is 5.55. The summed E-state index contributed by atoms with van der Waals surface area (Å²) in [6, 6.07) is 12.0. The molecule has 0 spiro atoms. The van der Waals surface area contributed by atoms with Gasteiger partial charge in [-0.1, -0.05) is 12.1 Å². The van der Waals surface area contributed by atoms with Gasteiger partial charge in [0.05, 0.1) is 11.1 Å². The topological polar surface area (TPSA) is 93.6 Å². The molecule has 25 heavy (non-hydrogen) atoms. The number of rotatable bonds is 2. The molecule has 0 bridgehead atoms. The average molecular weight is 337 g/mol. The van der Waals surface area contributed by atoms with Crippen molar-refractivity contribution in [1.82, 2.24) is 15.0 Å².